The minimum Gasteiger partial charge on any atom is -0.390 e. The zero-order valence-corrected chi connectivity index (χ0v) is 64.9. The number of aliphatic hydroxyl groups excluding tert-OH is 1. The van der Waals surface area contributed by atoms with Crippen molar-refractivity contribution in [1.82, 2.24) is 31.1 Å². The Morgan fingerprint density at radius 1 is 0.263 bits per heavy atom. The molecule has 12 heteroatoms. The van der Waals surface area contributed by atoms with E-state index in [1.807, 2.05) is 4.90 Å². The fourth-order valence-corrected chi connectivity index (χ4v) is 14.1. The highest BCUT2D eigenvalue weighted by Crippen LogP contribution is 2.20. The molecule has 0 heterocycles. The lowest BCUT2D eigenvalue weighted by molar-refractivity contribution is -0.913. The van der Waals surface area contributed by atoms with Gasteiger partial charge in [-0.1, -0.05) is 356 Å². The van der Waals surface area contributed by atoms with Crippen molar-refractivity contribution in [3.05, 3.63) is 0 Å². The minimum atomic E-state index is -0.747. The van der Waals surface area contributed by atoms with Gasteiger partial charge >= 0.3 is 0 Å². The summed E-state index contributed by atoms with van der Waals surface area (Å²) in [7, 11) is 0. The second kappa shape index (κ2) is 74.4. The van der Waals surface area contributed by atoms with Crippen molar-refractivity contribution in [3.8, 4) is 0 Å². The summed E-state index contributed by atoms with van der Waals surface area (Å²) in [4.78, 5) is 60.1. The van der Waals surface area contributed by atoms with E-state index in [4.69, 9.17) is 0 Å². The van der Waals surface area contributed by atoms with E-state index in [1.54, 1.807) is 0 Å². The number of nitrogens with one attached hydrogen (secondary N) is 4. The Labute approximate surface area is 592 Å². The van der Waals surface area contributed by atoms with Gasteiger partial charge in [0, 0.05) is 39.3 Å². The van der Waals surface area contributed by atoms with E-state index in [0.717, 1.165) is 116 Å². The lowest BCUT2D eigenvalue weighted by atomic mass is 10.0. The smallest absolute Gasteiger partial charge is 0.275 e. The summed E-state index contributed by atoms with van der Waals surface area (Å²) in [5, 5.41) is 25.1. The first-order valence-corrected chi connectivity index (χ1v) is 42.6. The topological polar surface area (TPSA) is 143 Å². The summed E-state index contributed by atoms with van der Waals surface area (Å²) in [6.07, 6.45) is 70.7. The molecule has 95 heavy (non-hydrogen) atoms. The Balaban J connectivity index is 6.55. The van der Waals surface area contributed by atoms with Gasteiger partial charge in [0.1, 0.15) is 0 Å². The zero-order valence-electron chi connectivity index (χ0n) is 64.9. The van der Waals surface area contributed by atoms with Crippen molar-refractivity contribution < 1.29 is 28.8 Å². The van der Waals surface area contributed by atoms with Crippen LogP contribution in [0.25, 0.3) is 0 Å². The number of carbonyl (C=O) groups is 4. The van der Waals surface area contributed by atoms with E-state index in [0.29, 0.717) is 50.3 Å². The maximum absolute atomic E-state index is 14.3. The van der Waals surface area contributed by atoms with Crippen LogP contribution in [0.15, 0.2) is 0 Å². The Kier molecular flexibility index (Phi) is 72.6. The van der Waals surface area contributed by atoms with Crippen molar-refractivity contribution in [2.75, 3.05) is 91.6 Å². The van der Waals surface area contributed by atoms with Gasteiger partial charge in [-0.3, -0.25) is 24.1 Å². The lowest BCUT2D eigenvalue weighted by Crippen LogP contribution is -2.58. The van der Waals surface area contributed by atoms with Crippen molar-refractivity contribution in [1.29, 1.82) is 0 Å². The third-order valence-corrected chi connectivity index (χ3v) is 20.2. The molecule has 0 aromatic carbocycles. The van der Waals surface area contributed by atoms with Gasteiger partial charge in [0.25, 0.3) is 11.8 Å². The van der Waals surface area contributed by atoms with Gasteiger partial charge in [-0.2, -0.15) is 0 Å². The average molecular weight is 1340 g/mol. The molecular weight excluding hydrogens is 1170 g/mol. The quantitative estimate of drug-likeness (QED) is 0.0301. The van der Waals surface area contributed by atoms with Gasteiger partial charge in [-0.15, -0.1) is 0 Å². The van der Waals surface area contributed by atoms with Crippen molar-refractivity contribution in [3.63, 3.8) is 0 Å². The van der Waals surface area contributed by atoms with Crippen LogP contribution < -0.4 is 21.3 Å². The molecule has 1 atom stereocenters. The largest absolute Gasteiger partial charge is 0.390 e. The first kappa shape index (κ1) is 92.7. The molecule has 5 N–H and O–H groups in total. The third-order valence-electron chi connectivity index (χ3n) is 20.2. The second-order valence-electron chi connectivity index (χ2n) is 30.0. The molecule has 0 bridgehead atoms. The molecule has 4 amide bonds. The molecule has 564 valence electrons. The number of rotatable bonds is 79. The van der Waals surface area contributed by atoms with Gasteiger partial charge < -0.3 is 35.8 Å². The van der Waals surface area contributed by atoms with Crippen LogP contribution in [0.5, 0.6) is 0 Å². The van der Waals surface area contributed by atoms with Gasteiger partial charge in [0.05, 0.1) is 32.3 Å². The molecule has 1 unspecified atom stereocenters. The molecule has 0 aliphatic carbocycles. The van der Waals surface area contributed by atoms with Gasteiger partial charge in [-0.25, -0.2) is 0 Å². The van der Waals surface area contributed by atoms with Crippen LogP contribution in [0.3, 0.4) is 0 Å². The minimum absolute atomic E-state index is 0.0766. The molecular formula is C83H168N7O5+. The maximum Gasteiger partial charge on any atom is 0.275 e. The van der Waals surface area contributed by atoms with Crippen LogP contribution >= 0.6 is 0 Å². The molecule has 0 saturated heterocycles. The normalized spacial score (nSPS) is 12.1. The van der Waals surface area contributed by atoms with Crippen molar-refractivity contribution in [2.24, 2.45) is 0 Å². The molecule has 12 nitrogen and oxygen atoms in total. The van der Waals surface area contributed by atoms with Crippen LogP contribution in [0.4, 0.5) is 0 Å². The van der Waals surface area contributed by atoms with Gasteiger partial charge in [0.15, 0.2) is 13.1 Å². The number of carbonyl (C=O) groups excluding carboxylic acids is 4. The van der Waals surface area contributed by atoms with E-state index in [2.05, 4.69) is 67.7 Å². The number of hydrogen-bond acceptors (Lipinski definition) is 7. The van der Waals surface area contributed by atoms with Crippen LogP contribution in [0.1, 0.15) is 414 Å². The number of nitrogens with zero attached hydrogens (tertiary/aromatic N) is 3. The predicted molar refractivity (Wildman–Crippen MR) is 412 cm³/mol. The number of quaternary nitrogens is 1. The fourth-order valence-electron chi connectivity index (χ4n) is 14.1. The standard InChI is InChI=1S/C83H167N7O5/c1-7-13-19-25-31-37-39-41-43-49-55-61-69-88(73-79(91)74-89(75-80(92)84-65-57-51-45-33-27-21-15-9-3)76-81(93)85-66-58-52-46-34-28-22-16-10-4)70-62-64-72-90(71-63-56-50-44-42-40-38-32-26-20-14-8-2,77-82(94)86-67-59-53-47-35-29-23-17-11-5)78-83(95)87-68-60-54-48-36-30-24-18-12-6/h79,91H,7-78H2,1-6H3,(H3-,84,85,86,87,92,93,94,95)/p+1. The van der Waals surface area contributed by atoms with Crippen molar-refractivity contribution >= 4 is 23.6 Å². The molecule has 0 radical (unpaired) electrons. The van der Waals surface area contributed by atoms with Crippen molar-refractivity contribution in [2.45, 2.75) is 420 Å². The molecule has 0 aliphatic heterocycles. The summed E-state index contributed by atoms with van der Waals surface area (Å²) in [6.45, 7) is 21.1. The molecule has 0 aromatic heterocycles. The molecule has 0 fully saturated rings. The predicted octanol–water partition coefficient (Wildman–Crippen LogP) is 21.0. The fraction of sp³-hybridized carbons (Fsp3) is 0.952. The summed E-state index contributed by atoms with van der Waals surface area (Å²) >= 11 is 0. The van der Waals surface area contributed by atoms with Crippen LogP contribution in [0, 0.1) is 0 Å². The molecule has 0 saturated carbocycles. The Morgan fingerprint density at radius 2 is 0.463 bits per heavy atom. The van der Waals surface area contributed by atoms with Gasteiger partial charge in [0.2, 0.25) is 11.8 Å². The summed E-state index contributed by atoms with van der Waals surface area (Å²) in [5.74, 6) is -0.0169. The maximum atomic E-state index is 14.3. The Bertz CT molecular complexity index is 1550. The molecule has 0 rings (SSSR count). The van der Waals surface area contributed by atoms with E-state index >= 15 is 0 Å². The Morgan fingerprint density at radius 3 is 0.737 bits per heavy atom. The molecule has 0 aromatic rings. The van der Waals surface area contributed by atoms with Gasteiger partial charge in [-0.05, 0) is 70.9 Å². The van der Waals surface area contributed by atoms with E-state index in [1.165, 1.54) is 283 Å². The average Bonchev–Trinajstić information content (AvgIpc) is 1.29. The SMILES string of the molecule is CCCCCCCCCCCCCCN(CCCC[N+](CCCCCCCCCCCCCC)(CC(=O)NCCCCCCCCCC)CC(=O)NCCCCCCCCCC)CC(O)CN(CC(=O)NCCCCCCCCCC)CC(=O)NCCCCCCCCCC. The molecule has 0 aliphatic rings. The summed E-state index contributed by atoms with van der Waals surface area (Å²) in [5.41, 5.74) is 0. The number of aliphatic hydroxyl groups is 1. The van der Waals surface area contributed by atoms with Crippen LogP contribution in [0.2, 0.25) is 0 Å². The highest BCUT2D eigenvalue weighted by Gasteiger charge is 2.33. The van der Waals surface area contributed by atoms with Crippen LogP contribution in [-0.4, -0.2) is 141 Å². The number of unbranched alkanes of at least 4 members (excludes halogenated alkanes) is 51. The van der Waals surface area contributed by atoms with E-state index in [9.17, 15) is 24.3 Å². The summed E-state index contributed by atoms with van der Waals surface area (Å²) in [6, 6.07) is 0. The first-order valence-electron chi connectivity index (χ1n) is 42.6. The molecule has 0 spiro atoms. The van der Waals surface area contributed by atoms with Crippen LogP contribution in [-0.2, 0) is 19.2 Å². The number of hydrogen-bond donors (Lipinski definition) is 5. The van der Waals surface area contributed by atoms with E-state index in [-0.39, 0.29) is 43.3 Å². The summed E-state index contributed by atoms with van der Waals surface area (Å²) < 4.78 is 0.489. The zero-order chi connectivity index (χ0) is 69.3. The second-order valence-corrected chi connectivity index (χ2v) is 30.0. The third kappa shape index (κ3) is 67.3. The number of amides is 4. The highest BCUT2D eigenvalue weighted by atomic mass is 16.3. The Hall–Kier alpha value is -2.28. The van der Waals surface area contributed by atoms with E-state index < -0.39 is 6.10 Å². The monoisotopic (exact) mass is 1340 g/mol. The first-order chi connectivity index (χ1) is 46.6. The highest BCUT2D eigenvalue weighted by molar-refractivity contribution is 5.81. The lowest BCUT2D eigenvalue weighted by Gasteiger charge is -2.38.